The van der Waals surface area contributed by atoms with Crippen molar-refractivity contribution in [2.45, 2.75) is 13.3 Å². The summed E-state index contributed by atoms with van der Waals surface area (Å²) in [7, 11) is 1.63. The number of nitrogens with zero attached hydrogens (tertiary/aromatic N) is 5. The number of rotatable bonds is 3. The van der Waals surface area contributed by atoms with Gasteiger partial charge in [-0.1, -0.05) is 23.2 Å². The van der Waals surface area contributed by atoms with Crippen molar-refractivity contribution in [3.63, 3.8) is 0 Å². The van der Waals surface area contributed by atoms with Crippen molar-refractivity contribution in [3.05, 3.63) is 57.7 Å². The molecule has 0 spiro atoms. The van der Waals surface area contributed by atoms with E-state index in [4.69, 9.17) is 33.0 Å². The first kappa shape index (κ1) is 16.1. The maximum atomic E-state index is 6.28. The molecule has 0 atom stereocenters. The van der Waals surface area contributed by atoms with Gasteiger partial charge in [-0.05, 0) is 30.7 Å². The first-order valence-corrected chi connectivity index (χ1v) is 8.30. The molecule has 3 aromatic heterocycles. The van der Waals surface area contributed by atoms with Crippen molar-refractivity contribution in [2.24, 2.45) is 0 Å². The maximum absolute atomic E-state index is 6.28. The molecule has 0 saturated heterocycles. The van der Waals surface area contributed by atoms with Gasteiger partial charge in [0, 0.05) is 29.6 Å². The lowest BCUT2D eigenvalue weighted by molar-refractivity contribution is 0.415. The van der Waals surface area contributed by atoms with Crippen molar-refractivity contribution in [3.8, 4) is 5.75 Å². The van der Waals surface area contributed by atoms with Gasteiger partial charge in [-0.3, -0.25) is 4.98 Å². The van der Waals surface area contributed by atoms with Crippen molar-refractivity contribution >= 4 is 39.6 Å². The second kappa shape index (κ2) is 6.13. The molecule has 0 radical (unpaired) electrons. The first-order valence-electron chi connectivity index (χ1n) is 7.55. The van der Waals surface area contributed by atoms with Crippen LogP contribution in [0.15, 0.2) is 30.6 Å². The molecule has 1 aromatic carbocycles. The highest BCUT2D eigenvalue weighted by Gasteiger charge is 2.16. The minimum atomic E-state index is 0.469. The Labute approximate surface area is 153 Å². The van der Waals surface area contributed by atoms with Gasteiger partial charge in [0.2, 0.25) is 0 Å². The molecule has 0 bridgehead atoms. The van der Waals surface area contributed by atoms with Gasteiger partial charge in [-0.25, -0.2) is 0 Å². The van der Waals surface area contributed by atoms with Crippen LogP contribution in [-0.4, -0.2) is 31.9 Å². The van der Waals surface area contributed by atoms with E-state index < -0.39 is 0 Å². The molecule has 0 aliphatic heterocycles. The number of hydrogen-bond donors (Lipinski definition) is 0. The molecular formula is C17H13Cl2N5O. The summed E-state index contributed by atoms with van der Waals surface area (Å²) < 4.78 is 7.07. The van der Waals surface area contributed by atoms with Gasteiger partial charge in [0.05, 0.1) is 22.8 Å². The fourth-order valence-electron chi connectivity index (χ4n) is 2.81. The van der Waals surface area contributed by atoms with Crippen molar-refractivity contribution in [2.75, 3.05) is 7.11 Å². The average Bonchev–Trinajstić information content (AvgIpc) is 2.99. The molecule has 4 aromatic rings. The summed E-state index contributed by atoms with van der Waals surface area (Å²) >= 11 is 12.6. The van der Waals surface area contributed by atoms with Crippen LogP contribution in [0.25, 0.3) is 16.4 Å². The fourth-order valence-corrected chi connectivity index (χ4v) is 3.31. The molecule has 0 fully saturated rings. The highest BCUT2D eigenvalue weighted by molar-refractivity contribution is 6.35. The standard InChI is InChI=1S/C17H13Cl2N5O/c1-9-21-22-17-12-5-10(25-2)3-4-11(12)16(23-24(9)17)6-13-14(18)7-20-8-15(13)19/h3-5,7-8H,6H2,1-2H3. The van der Waals surface area contributed by atoms with Gasteiger partial charge < -0.3 is 4.74 Å². The zero-order valence-corrected chi connectivity index (χ0v) is 15.0. The van der Waals surface area contributed by atoms with Crippen LogP contribution in [0.3, 0.4) is 0 Å². The Kier molecular flexibility index (Phi) is 3.94. The molecule has 0 aliphatic rings. The van der Waals surface area contributed by atoms with Gasteiger partial charge in [-0.15, -0.1) is 10.2 Å². The summed E-state index contributed by atoms with van der Waals surface area (Å²) in [5.74, 6) is 1.44. The van der Waals surface area contributed by atoms with Gasteiger partial charge >= 0.3 is 0 Å². The lowest BCUT2D eigenvalue weighted by atomic mass is 10.0. The van der Waals surface area contributed by atoms with E-state index in [2.05, 4.69) is 15.2 Å². The van der Waals surface area contributed by atoms with Crippen LogP contribution in [0.2, 0.25) is 10.0 Å². The van der Waals surface area contributed by atoms with E-state index in [1.54, 1.807) is 24.0 Å². The van der Waals surface area contributed by atoms with Crippen LogP contribution >= 0.6 is 23.2 Å². The SMILES string of the molecule is COc1ccc2c(Cc3c(Cl)cncc3Cl)nn3c(C)nnc3c2c1. The highest BCUT2D eigenvalue weighted by atomic mass is 35.5. The van der Waals surface area contributed by atoms with Crippen LogP contribution in [0.1, 0.15) is 17.1 Å². The maximum Gasteiger partial charge on any atom is 0.185 e. The van der Waals surface area contributed by atoms with E-state index >= 15 is 0 Å². The number of benzene rings is 1. The largest absolute Gasteiger partial charge is 0.497 e. The number of halogens is 2. The van der Waals surface area contributed by atoms with Gasteiger partial charge in [-0.2, -0.15) is 9.61 Å². The molecule has 0 N–H and O–H groups in total. The van der Waals surface area contributed by atoms with Crippen LogP contribution in [0.5, 0.6) is 5.75 Å². The molecule has 0 aliphatic carbocycles. The Morgan fingerprint density at radius 1 is 1.08 bits per heavy atom. The smallest absolute Gasteiger partial charge is 0.185 e. The summed E-state index contributed by atoms with van der Waals surface area (Å²) in [6.45, 7) is 1.86. The molecule has 0 saturated carbocycles. The zero-order valence-electron chi connectivity index (χ0n) is 13.5. The monoisotopic (exact) mass is 373 g/mol. The van der Waals surface area contributed by atoms with Crippen molar-refractivity contribution < 1.29 is 4.74 Å². The quantitative estimate of drug-likeness (QED) is 0.544. The summed E-state index contributed by atoms with van der Waals surface area (Å²) in [4.78, 5) is 4.00. The molecule has 126 valence electrons. The molecule has 6 nitrogen and oxygen atoms in total. The molecule has 25 heavy (non-hydrogen) atoms. The Balaban J connectivity index is 2.00. The van der Waals surface area contributed by atoms with E-state index in [0.717, 1.165) is 27.8 Å². The third-order valence-corrected chi connectivity index (χ3v) is 4.74. The van der Waals surface area contributed by atoms with E-state index in [1.807, 2.05) is 25.1 Å². The Bertz CT molecular complexity index is 1090. The number of pyridine rings is 1. The topological polar surface area (TPSA) is 65.2 Å². The summed E-state index contributed by atoms with van der Waals surface area (Å²) in [6.07, 6.45) is 3.63. The second-order valence-corrected chi connectivity index (χ2v) is 6.41. The average molecular weight is 374 g/mol. The first-order chi connectivity index (χ1) is 12.1. The fraction of sp³-hybridized carbons (Fsp3) is 0.176. The van der Waals surface area contributed by atoms with Crippen LogP contribution in [0.4, 0.5) is 0 Å². The third kappa shape index (κ3) is 2.67. The molecular weight excluding hydrogens is 361 g/mol. The predicted molar refractivity (Wildman–Crippen MR) is 96.6 cm³/mol. The Morgan fingerprint density at radius 2 is 1.84 bits per heavy atom. The number of hydrogen-bond acceptors (Lipinski definition) is 5. The molecule has 0 amide bonds. The van der Waals surface area contributed by atoms with Crippen molar-refractivity contribution in [1.29, 1.82) is 0 Å². The highest BCUT2D eigenvalue weighted by Crippen LogP contribution is 2.30. The number of aryl methyl sites for hydroxylation is 1. The molecule has 3 heterocycles. The lowest BCUT2D eigenvalue weighted by Gasteiger charge is -2.11. The Hall–Kier alpha value is -2.44. The molecule has 4 rings (SSSR count). The van der Waals surface area contributed by atoms with Gasteiger partial charge in [0.1, 0.15) is 5.75 Å². The minimum Gasteiger partial charge on any atom is -0.497 e. The van der Waals surface area contributed by atoms with Crippen LogP contribution in [-0.2, 0) is 6.42 Å². The van der Waals surface area contributed by atoms with Crippen molar-refractivity contribution in [1.82, 2.24) is 24.8 Å². The van der Waals surface area contributed by atoms with Crippen LogP contribution < -0.4 is 4.74 Å². The summed E-state index contributed by atoms with van der Waals surface area (Å²) in [5, 5.41) is 16.0. The zero-order chi connectivity index (χ0) is 17.6. The van der Waals surface area contributed by atoms with Crippen LogP contribution in [0, 0.1) is 6.92 Å². The van der Waals surface area contributed by atoms with Gasteiger partial charge in [0.25, 0.3) is 0 Å². The number of ether oxygens (including phenoxy) is 1. The number of aromatic nitrogens is 5. The predicted octanol–water partition coefficient (Wildman–Crippen LogP) is 3.89. The van der Waals surface area contributed by atoms with E-state index in [9.17, 15) is 0 Å². The number of methoxy groups -OCH3 is 1. The third-order valence-electron chi connectivity index (χ3n) is 4.09. The Morgan fingerprint density at radius 3 is 2.56 bits per heavy atom. The number of fused-ring (bicyclic) bond motifs is 3. The summed E-state index contributed by atoms with van der Waals surface area (Å²) in [6, 6.07) is 5.78. The van der Waals surface area contributed by atoms with E-state index in [1.165, 1.54) is 0 Å². The van der Waals surface area contributed by atoms with E-state index in [0.29, 0.717) is 27.9 Å². The lowest BCUT2D eigenvalue weighted by Crippen LogP contribution is -2.04. The summed E-state index contributed by atoms with van der Waals surface area (Å²) in [5.41, 5.74) is 2.29. The van der Waals surface area contributed by atoms with E-state index in [-0.39, 0.29) is 0 Å². The molecule has 0 unspecified atom stereocenters. The second-order valence-electron chi connectivity index (χ2n) is 5.60. The minimum absolute atomic E-state index is 0.469. The van der Waals surface area contributed by atoms with Gasteiger partial charge in [0.15, 0.2) is 11.5 Å². The normalized spacial score (nSPS) is 11.4. The molecule has 8 heteroatoms.